The van der Waals surface area contributed by atoms with Crippen LogP contribution in [0.1, 0.15) is 18.2 Å². The van der Waals surface area contributed by atoms with Crippen molar-refractivity contribution in [3.05, 3.63) is 224 Å². The lowest BCUT2D eigenvalue weighted by Gasteiger charge is -2.36. The number of benzene rings is 8. The van der Waals surface area contributed by atoms with Crippen molar-refractivity contribution >= 4 is 49.6 Å². The van der Waals surface area contributed by atoms with Crippen molar-refractivity contribution in [2.24, 2.45) is 10.9 Å². The van der Waals surface area contributed by atoms with Crippen molar-refractivity contribution in [3.8, 4) is 39.1 Å². The summed E-state index contributed by atoms with van der Waals surface area (Å²) < 4.78 is 4.96. The van der Waals surface area contributed by atoms with Crippen molar-refractivity contribution < 1.29 is 0 Å². The molecule has 1 aliphatic carbocycles. The lowest BCUT2D eigenvalue weighted by molar-refractivity contribution is 0.324. The second-order valence-corrected chi connectivity index (χ2v) is 16.3. The lowest BCUT2D eigenvalue weighted by atomic mass is 9.95. The second-order valence-electron chi connectivity index (χ2n) is 16.3. The van der Waals surface area contributed by atoms with E-state index in [1.54, 1.807) is 0 Å². The van der Waals surface area contributed by atoms with Gasteiger partial charge in [-0.3, -0.25) is 9.88 Å². The van der Waals surface area contributed by atoms with Gasteiger partial charge < -0.3 is 9.88 Å². The van der Waals surface area contributed by atoms with Crippen molar-refractivity contribution in [2.75, 3.05) is 0 Å². The summed E-state index contributed by atoms with van der Waals surface area (Å²) in [6.45, 7) is 0. The zero-order valence-electron chi connectivity index (χ0n) is 34.1. The normalized spacial score (nSPS) is 17.5. The summed E-state index contributed by atoms with van der Waals surface area (Å²) in [7, 11) is 0. The molecule has 5 nitrogen and oxygen atoms in total. The van der Waals surface area contributed by atoms with Crippen LogP contribution in [0.4, 0.5) is 0 Å². The fraction of sp³-hybridized carbons (Fsp3) is 0.0702. The minimum atomic E-state index is -0.302. The molecule has 62 heavy (non-hydrogen) atoms. The first-order valence-corrected chi connectivity index (χ1v) is 21.6. The molecule has 0 bridgehead atoms. The van der Waals surface area contributed by atoms with Gasteiger partial charge in [0.05, 0.1) is 33.9 Å². The van der Waals surface area contributed by atoms with Crippen LogP contribution in [0.25, 0.3) is 82.7 Å². The molecule has 0 saturated carbocycles. The quantitative estimate of drug-likeness (QED) is 0.176. The van der Waals surface area contributed by atoms with Crippen molar-refractivity contribution in [3.63, 3.8) is 0 Å². The third-order valence-corrected chi connectivity index (χ3v) is 12.7. The molecule has 10 aromatic rings. The number of hydrogen-bond donors (Lipinski definition) is 2. The van der Waals surface area contributed by atoms with E-state index in [0.29, 0.717) is 0 Å². The van der Waals surface area contributed by atoms with Crippen LogP contribution >= 0.6 is 0 Å². The summed E-state index contributed by atoms with van der Waals surface area (Å²) in [4.78, 5) is 5.67. The molecule has 0 saturated heterocycles. The van der Waals surface area contributed by atoms with Gasteiger partial charge in [-0.15, -0.1) is 0 Å². The molecule has 0 radical (unpaired) electrons. The highest BCUT2D eigenvalue weighted by molar-refractivity contribution is 6.26. The first-order valence-electron chi connectivity index (χ1n) is 21.6. The van der Waals surface area contributed by atoms with E-state index < -0.39 is 0 Å². The number of para-hydroxylation sites is 3. The minimum Gasteiger partial charge on any atom is -0.340 e. The molecular formula is C57H43N5. The summed E-state index contributed by atoms with van der Waals surface area (Å²) in [5.41, 5.74) is 13.8. The Kier molecular flexibility index (Phi) is 8.79. The van der Waals surface area contributed by atoms with E-state index in [9.17, 15) is 0 Å². The molecule has 0 fully saturated rings. The molecule has 2 aliphatic rings. The number of hydrogen-bond acceptors (Lipinski definition) is 3. The molecule has 5 heteroatoms. The summed E-state index contributed by atoms with van der Waals surface area (Å²) in [6.07, 6.45) is 9.44. The van der Waals surface area contributed by atoms with E-state index in [1.807, 2.05) is 0 Å². The monoisotopic (exact) mass is 797 g/mol. The number of aliphatic imine (C=N–C) groups is 1. The van der Waals surface area contributed by atoms with Crippen LogP contribution in [-0.4, -0.2) is 21.3 Å². The molecule has 3 unspecified atom stereocenters. The Labute approximate surface area is 360 Å². The Morgan fingerprint density at radius 1 is 0.468 bits per heavy atom. The first kappa shape index (κ1) is 36.1. The predicted molar refractivity (Wildman–Crippen MR) is 259 cm³/mol. The Bertz CT molecular complexity index is 3330. The molecule has 2 N–H and O–H groups in total. The van der Waals surface area contributed by atoms with Gasteiger partial charge in [-0.1, -0.05) is 200 Å². The van der Waals surface area contributed by atoms with E-state index in [-0.39, 0.29) is 18.2 Å². The highest BCUT2D eigenvalue weighted by Crippen LogP contribution is 2.45. The van der Waals surface area contributed by atoms with Crippen LogP contribution in [0, 0.1) is 5.92 Å². The number of nitrogens with zero attached hydrogens (tertiary/aromatic N) is 3. The van der Waals surface area contributed by atoms with Gasteiger partial charge in [0.1, 0.15) is 6.17 Å². The molecule has 0 amide bonds. The van der Waals surface area contributed by atoms with E-state index >= 15 is 0 Å². The number of rotatable bonds is 6. The van der Waals surface area contributed by atoms with Crippen molar-refractivity contribution in [2.45, 2.75) is 18.8 Å². The predicted octanol–water partition coefficient (Wildman–Crippen LogP) is 13.4. The molecule has 8 aromatic carbocycles. The van der Waals surface area contributed by atoms with E-state index in [4.69, 9.17) is 4.99 Å². The highest BCUT2D eigenvalue weighted by Gasteiger charge is 2.32. The van der Waals surface area contributed by atoms with Gasteiger partial charge in [0, 0.05) is 38.6 Å². The number of nitrogens with one attached hydrogen (secondary N) is 2. The van der Waals surface area contributed by atoms with Crippen LogP contribution in [0.5, 0.6) is 0 Å². The third-order valence-electron chi connectivity index (χ3n) is 12.7. The zero-order chi connectivity index (χ0) is 41.0. The van der Waals surface area contributed by atoms with Gasteiger partial charge >= 0.3 is 0 Å². The summed E-state index contributed by atoms with van der Waals surface area (Å²) >= 11 is 0. The molecule has 1 aliphatic heterocycles. The van der Waals surface area contributed by atoms with Crippen LogP contribution in [0.2, 0.25) is 0 Å². The number of allylic oxidation sites excluding steroid dienone is 3. The summed E-state index contributed by atoms with van der Waals surface area (Å²) in [5, 5.41) is 12.7. The van der Waals surface area contributed by atoms with Gasteiger partial charge in [0.2, 0.25) is 5.96 Å². The average Bonchev–Trinajstić information content (AvgIpc) is 3.88. The van der Waals surface area contributed by atoms with E-state index in [0.717, 1.165) is 45.7 Å². The maximum Gasteiger partial charge on any atom is 0.206 e. The standard InChI is InChI=1S/C57H43N5/c1-5-19-38(20-6-1)42-27-17-28-43(37-42)56-58-55(41-25-11-4-12-26-41)59-57(60-56)62-51-34-16-14-30-47(51)49-36-35-48-46-29-13-15-33-50(46)61(53(48)54(49)62)52-44(39-21-7-2-8-22-39)31-18-32-45(52)40-23-9-3-10-24-40/h1-25,27-37,41,55-56,58H,26H2,(H,59,60). The van der Waals surface area contributed by atoms with Crippen LogP contribution in [-0.2, 0) is 0 Å². The first-order chi connectivity index (χ1) is 30.8. The van der Waals surface area contributed by atoms with Gasteiger partial charge in [-0.05, 0) is 52.4 Å². The van der Waals surface area contributed by atoms with E-state index in [1.165, 1.54) is 54.9 Å². The third kappa shape index (κ3) is 6.00. The van der Waals surface area contributed by atoms with E-state index in [2.05, 4.69) is 238 Å². The molecular weight excluding hydrogens is 755 g/mol. The van der Waals surface area contributed by atoms with Crippen LogP contribution in [0.3, 0.4) is 0 Å². The summed E-state index contributed by atoms with van der Waals surface area (Å²) in [6, 6.07) is 70.2. The summed E-state index contributed by atoms with van der Waals surface area (Å²) in [5.74, 6) is 1.04. The average molecular weight is 798 g/mol. The molecule has 296 valence electrons. The maximum atomic E-state index is 5.67. The fourth-order valence-electron chi connectivity index (χ4n) is 9.88. The molecule has 3 atom stereocenters. The topological polar surface area (TPSA) is 46.3 Å². The molecule has 3 heterocycles. The SMILES string of the molecule is C1=CCC(C2NC(n3c4ccccc4c4ccc5c6ccccc6n(-c6c(-c7ccccc7)cccc6-c6ccccc6)c5c43)=NC(c3cccc(-c4ccccc4)c3)N2)C=C1. The fourth-order valence-corrected chi connectivity index (χ4v) is 9.88. The van der Waals surface area contributed by atoms with Gasteiger partial charge in [-0.2, -0.15) is 0 Å². The smallest absolute Gasteiger partial charge is 0.206 e. The Hall–Kier alpha value is -7.73. The largest absolute Gasteiger partial charge is 0.340 e. The van der Waals surface area contributed by atoms with Gasteiger partial charge in [-0.25, -0.2) is 4.99 Å². The molecule has 0 spiro atoms. The van der Waals surface area contributed by atoms with Crippen molar-refractivity contribution in [1.29, 1.82) is 0 Å². The van der Waals surface area contributed by atoms with Crippen molar-refractivity contribution in [1.82, 2.24) is 19.8 Å². The minimum absolute atomic E-state index is 0.0844. The Morgan fingerprint density at radius 2 is 1.02 bits per heavy atom. The van der Waals surface area contributed by atoms with Gasteiger partial charge in [0.25, 0.3) is 0 Å². The lowest BCUT2D eigenvalue weighted by Crippen LogP contribution is -2.56. The van der Waals surface area contributed by atoms with Crippen LogP contribution in [0.15, 0.2) is 223 Å². The Balaban J connectivity index is 1.18. The highest BCUT2D eigenvalue weighted by atomic mass is 15.4. The molecule has 2 aromatic heterocycles. The van der Waals surface area contributed by atoms with Gasteiger partial charge in [0.15, 0.2) is 0 Å². The molecule has 12 rings (SSSR count). The number of fused-ring (bicyclic) bond motifs is 7. The zero-order valence-corrected chi connectivity index (χ0v) is 34.1. The maximum absolute atomic E-state index is 5.67. The van der Waals surface area contributed by atoms with Crippen LogP contribution < -0.4 is 10.6 Å². The number of aromatic nitrogens is 2. The Morgan fingerprint density at radius 3 is 1.65 bits per heavy atom. The second kappa shape index (κ2) is 15.1.